The Balaban J connectivity index is 1.73. The number of carbonyl (C=O) groups is 1. The quantitative estimate of drug-likeness (QED) is 0.485. The molecular formula is C20H12Cl2F3NO2. The fourth-order valence-corrected chi connectivity index (χ4v) is 2.71. The van der Waals surface area contributed by atoms with Crippen LogP contribution in [-0.4, -0.2) is 5.91 Å². The number of alkyl halides is 3. The van der Waals surface area contributed by atoms with Crippen LogP contribution in [0, 0.1) is 0 Å². The van der Waals surface area contributed by atoms with Crippen LogP contribution in [0.1, 0.15) is 15.9 Å². The maximum absolute atomic E-state index is 12.8. The van der Waals surface area contributed by atoms with E-state index < -0.39 is 11.7 Å². The third kappa shape index (κ3) is 4.77. The average molecular weight is 426 g/mol. The summed E-state index contributed by atoms with van der Waals surface area (Å²) in [6.07, 6.45) is -4.50. The summed E-state index contributed by atoms with van der Waals surface area (Å²) < 4.78 is 43.9. The van der Waals surface area contributed by atoms with E-state index in [0.29, 0.717) is 16.3 Å². The number of nitrogens with one attached hydrogen (secondary N) is 1. The molecule has 144 valence electrons. The Morgan fingerprint density at radius 3 is 2.21 bits per heavy atom. The topological polar surface area (TPSA) is 38.3 Å². The number of carbonyl (C=O) groups excluding carboxylic acids is 1. The van der Waals surface area contributed by atoms with Crippen molar-refractivity contribution < 1.29 is 22.7 Å². The number of ether oxygens (including phenoxy) is 1. The van der Waals surface area contributed by atoms with Crippen LogP contribution in [0.3, 0.4) is 0 Å². The maximum Gasteiger partial charge on any atom is 0.416 e. The summed E-state index contributed by atoms with van der Waals surface area (Å²) in [5.41, 5.74) is -0.0804. The Bertz CT molecular complexity index is 1010. The van der Waals surface area contributed by atoms with Gasteiger partial charge >= 0.3 is 6.18 Å². The smallest absolute Gasteiger partial charge is 0.416 e. The highest BCUT2D eigenvalue weighted by Gasteiger charge is 2.31. The van der Waals surface area contributed by atoms with Crippen molar-refractivity contribution in [3.05, 3.63) is 87.9 Å². The first-order valence-electron chi connectivity index (χ1n) is 7.94. The fraction of sp³-hybridized carbons (Fsp3) is 0.0500. The first kappa shape index (κ1) is 20.0. The number of hydrogen-bond donors (Lipinski definition) is 1. The largest absolute Gasteiger partial charge is 0.456 e. The predicted octanol–water partition coefficient (Wildman–Crippen LogP) is 7.06. The zero-order chi connectivity index (χ0) is 20.3. The molecule has 3 aromatic rings. The molecule has 0 bridgehead atoms. The lowest BCUT2D eigenvalue weighted by atomic mass is 10.2. The molecule has 0 aliphatic heterocycles. The van der Waals surface area contributed by atoms with E-state index >= 15 is 0 Å². The first-order valence-corrected chi connectivity index (χ1v) is 8.70. The van der Waals surface area contributed by atoms with Crippen LogP contribution >= 0.6 is 23.2 Å². The lowest BCUT2D eigenvalue weighted by Gasteiger charge is -2.12. The molecule has 3 nitrogen and oxygen atoms in total. The van der Waals surface area contributed by atoms with E-state index in [-0.39, 0.29) is 22.4 Å². The maximum atomic E-state index is 12.8. The van der Waals surface area contributed by atoms with E-state index in [9.17, 15) is 18.0 Å². The van der Waals surface area contributed by atoms with Crippen molar-refractivity contribution in [2.45, 2.75) is 6.18 Å². The second-order valence-electron chi connectivity index (χ2n) is 5.70. The minimum atomic E-state index is -4.50. The van der Waals surface area contributed by atoms with Crippen LogP contribution in [0.15, 0.2) is 66.7 Å². The summed E-state index contributed by atoms with van der Waals surface area (Å²) in [5, 5.41) is 3.04. The van der Waals surface area contributed by atoms with Crippen LogP contribution in [-0.2, 0) is 6.18 Å². The van der Waals surface area contributed by atoms with Gasteiger partial charge in [-0.25, -0.2) is 0 Å². The van der Waals surface area contributed by atoms with Gasteiger partial charge in [0.05, 0.1) is 21.2 Å². The van der Waals surface area contributed by atoms with Crippen LogP contribution < -0.4 is 10.1 Å². The van der Waals surface area contributed by atoms with Gasteiger partial charge in [-0.15, -0.1) is 0 Å². The molecule has 0 aliphatic carbocycles. The average Bonchev–Trinajstić information content (AvgIpc) is 2.64. The molecular weight excluding hydrogens is 414 g/mol. The molecule has 0 unspecified atom stereocenters. The van der Waals surface area contributed by atoms with E-state index in [1.165, 1.54) is 12.1 Å². The number of halogens is 5. The molecule has 0 radical (unpaired) electrons. The molecule has 3 aromatic carbocycles. The van der Waals surface area contributed by atoms with Crippen molar-refractivity contribution in [2.24, 2.45) is 0 Å². The Labute approximate surface area is 168 Å². The highest BCUT2D eigenvalue weighted by atomic mass is 35.5. The molecule has 8 heteroatoms. The molecule has 0 atom stereocenters. The van der Waals surface area contributed by atoms with Gasteiger partial charge in [0.25, 0.3) is 5.91 Å². The number of rotatable bonds is 4. The van der Waals surface area contributed by atoms with Crippen molar-refractivity contribution in [1.82, 2.24) is 0 Å². The third-order valence-corrected chi connectivity index (χ3v) is 4.36. The molecule has 1 amide bonds. The third-order valence-electron chi connectivity index (χ3n) is 3.72. The normalized spacial score (nSPS) is 11.2. The van der Waals surface area contributed by atoms with Gasteiger partial charge in [-0.2, -0.15) is 13.2 Å². The van der Waals surface area contributed by atoms with E-state index in [0.717, 1.165) is 18.2 Å². The standard InChI is InChI=1S/C20H12Cl2F3NO2/c21-16-4-2-1-3-15(16)19(27)26-13-6-8-14(9-7-13)28-18-11-12(20(23,24)25)5-10-17(18)22/h1-11H,(H,26,27). The Morgan fingerprint density at radius 1 is 0.893 bits per heavy atom. The van der Waals surface area contributed by atoms with E-state index in [2.05, 4.69) is 5.32 Å². The van der Waals surface area contributed by atoms with Crippen molar-refractivity contribution in [1.29, 1.82) is 0 Å². The summed E-state index contributed by atoms with van der Waals surface area (Å²) in [6.45, 7) is 0. The van der Waals surface area contributed by atoms with Crippen molar-refractivity contribution >= 4 is 34.8 Å². The van der Waals surface area contributed by atoms with Gasteiger partial charge in [0.1, 0.15) is 11.5 Å². The highest BCUT2D eigenvalue weighted by Crippen LogP contribution is 2.37. The second kappa shape index (κ2) is 8.12. The van der Waals surface area contributed by atoms with E-state index in [1.54, 1.807) is 36.4 Å². The summed E-state index contributed by atoms with van der Waals surface area (Å²) >= 11 is 11.9. The molecule has 0 aromatic heterocycles. The number of benzene rings is 3. The van der Waals surface area contributed by atoms with E-state index in [4.69, 9.17) is 27.9 Å². The van der Waals surface area contributed by atoms with Crippen LogP contribution in [0.2, 0.25) is 10.0 Å². The van der Waals surface area contributed by atoms with Gasteiger partial charge in [-0.05, 0) is 54.6 Å². The zero-order valence-electron chi connectivity index (χ0n) is 14.1. The summed E-state index contributed by atoms with van der Waals surface area (Å²) in [6, 6.07) is 15.5. The Kier molecular flexibility index (Phi) is 5.82. The SMILES string of the molecule is O=C(Nc1ccc(Oc2cc(C(F)(F)F)ccc2Cl)cc1)c1ccccc1Cl. The van der Waals surface area contributed by atoms with Crippen LogP contribution in [0.4, 0.5) is 18.9 Å². The van der Waals surface area contributed by atoms with Gasteiger partial charge < -0.3 is 10.1 Å². The summed E-state index contributed by atoms with van der Waals surface area (Å²) in [4.78, 5) is 12.2. The molecule has 0 aliphatic rings. The van der Waals surface area contributed by atoms with Gasteiger partial charge in [0, 0.05) is 5.69 Å². The van der Waals surface area contributed by atoms with Crippen molar-refractivity contribution in [2.75, 3.05) is 5.32 Å². The molecule has 0 fully saturated rings. The minimum absolute atomic E-state index is 0.0455. The van der Waals surface area contributed by atoms with Gasteiger partial charge in [-0.1, -0.05) is 35.3 Å². The molecule has 3 rings (SSSR count). The van der Waals surface area contributed by atoms with Crippen molar-refractivity contribution in [3.8, 4) is 11.5 Å². The van der Waals surface area contributed by atoms with Gasteiger partial charge in [0.2, 0.25) is 0 Å². The van der Waals surface area contributed by atoms with Crippen LogP contribution in [0.5, 0.6) is 11.5 Å². The highest BCUT2D eigenvalue weighted by molar-refractivity contribution is 6.34. The summed E-state index contributed by atoms with van der Waals surface area (Å²) in [5.74, 6) is -0.249. The summed E-state index contributed by atoms with van der Waals surface area (Å²) in [7, 11) is 0. The second-order valence-corrected chi connectivity index (χ2v) is 6.52. The molecule has 0 saturated heterocycles. The molecule has 1 N–H and O–H groups in total. The predicted molar refractivity (Wildman–Crippen MR) is 102 cm³/mol. The first-order chi connectivity index (χ1) is 13.2. The molecule has 0 saturated carbocycles. The van der Waals surface area contributed by atoms with Crippen LogP contribution in [0.25, 0.3) is 0 Å². The Morgan fingerprint density at radius 2 is 1.57 bits per heavy atom. The van der Waals surface area contributed by atoms with E-state index in [1.807, 2.05) is 0 Å². The van der Waals surface area contributed by atoms with Gasteiger partial charge in [-0.3, -0.25) is 4.79 Å². The lowest BCUT2D eigenvalue weighted by molar-refractivity contribution is -0.137. The van der Waals surface area contributed by atoms with Gasteiger partial charge in [0.15, 0.2) is 0 Å². The monoisotopic (exact) mass is 425 g/mol. The molecule has 0 spiro atoms. The van der Waals surface area contributed by atoms with Crippen molar-refractivity contribution in [3.63, 3.8) is 0 Å². The fourth-order valence-electron chi connectivity index (χ4n) is 2.33. The molecule has 0 heterocycles. The lowest BCUT2D eigenvalue weighted by Crippen LogP contribution is -2.12. The molecule has 28 heavy (non-hydrogen) atoms. The number of hydrogen-bond acceptors (Lipinski definition) is 2. The number of amides is 1. The Hall–Kier alpha value is -2.70. The minimum Gasteiger partial charge on any atom is -0.456 e. The zero-order valence-corrected chi connectivity index (χ0v) is 15.6. The number of anilines is 1.